The predicted octanol–water partition coefficient (Wildman–Crippen LogP) is 8.98. The highest BCUT2D eigenvalue weighted by atomic mass is 31.2. The smallest absolute Gasteiger partial charge is 0.408 e. The molecule has 0 aromatic heterocycles. The van der Waals surface area contributed by atoms with Gasteiger partial charge in [0.2, 0.25) is 5.91 Å². The van der Waals surface area contributed by atoms with E-state index >= 15 is 0 Å². The summed E-state index contributed by atoms with van der Waals surface area (Å²) in [6, 6.07) is 40.7. The number of hydrogen-bond acceptors (Lipinski definition) is 14. The first kappa shape index (κ1) is 56.7. The van der Waals surface area contributed by atoms with E-state index in [4.69, 9.17) is 32.7 Å². The lowest BCUT2D eigenvalue weighted by Crippen LogP contribution is -2.46. The standard InChI is InChI=1S/C55H64N3O14P/c1-55(2,3)72-54(64)57-47(52(62)68-38-43-24-13-6-14-25-43)31-33-49(59)56-46(51(61)67-37-42-22-11-5-12-23-42)30-19-35-70-73(65,71-40-45-28-17-8-18-29-45)58-48(53(63)69-39-44-26-15-7-16-27-44)32-34-50(60)66-36-41-20-9-4-10-21-41/h4-18,20-29,46-48H,19,30-40H2,1-3H3,(H,56,59)(H,57,64)(H,58,65)/t46-,47-,48-,73?/m0/s1. The third kappa shape index (κ3) is 22.4. The maximum Gasteiger partial charge on any atom is 0.408 e. The maximum absolute atomic E-state index is 14.7. The summed E-state index contributed by atoms with van der Waals surface area (Å²) in [7, 11) is -4.45. The lowest BCUT2D eigenvalue weighted by atomic mass is 10.1. The Bertz CT molecular complexity index is 2530. The van der Waals surface area contributed by atoms with E-state index in [-0.39, 0.29) is 78.2 Å². The second-order valence-corrected chi connectivity index (χ2v) is 19.5. The Hall–Kier alpha value is -7.17. The lowest BCUT2D eigenvalue weighted by molar-refractivity contribution is -0.150. The van der Waals surface area contributed by atoms with Crippen LogP contribution < -0.4 is 15.7 Å². The topological polar surface area (TPSA) is 220 Å². The third-order valence-electron chi connectivity index (χ3n) is 10.5. The van der Waals surface area contributed by atoms with Gasteiger partial charge in [-0.2, -0.15) is 0 Å². The number of amides is 2. The van der Waals surface area contributed by atoms with E-state index in [2.05, 4.69) is 15.7 Å². The number of ether oxygens (including phenoxy) is 5. The molecule has 0 fully saturated rings. The molecule has 5 rings (SSSR count). The van der Waals surface area contributed by atoms with Crippen molar-refractivity contribution in [2.75, 3.05) is 6.61 Å². The second kappa shape index (κ2) is 30.0. The van der Waals surface area contributed by atoms with Gasteiger partial charge >= 0.3 is 37.7 Å². The van der Waals surface area contributed by atoms with Crippen molar-refractivity contribution in [2.45, 2.75) is 116 Å². The van der Waals surface area contributed by atoms with E-state index in [9.17, 15) is 33.3 Å². The number of benzene rings is 5. The molecule has 4 atom stereocenters. The maximum atomic E-state index is 14.7. The van der Waals surface area contributed by atoms with Gasteiger partial charge in [-0.15, -0.1) is 0 Å². The van der Waals surface area contributed by atoms with Gasteiger partial charge < -0.3 is 34.3 Å². The first-order valence-electron chi connectivity index (χ1n) is 23.9. The van der Waals surface area contributed by atoms with Gasteiger partial charge in [0.15, 0.2) is 0 Å². The number of esters is 4. The molecule has 5 aromatic carbocycles. The number of alkyl carbamates (subject to hydrolysis) is 1. The van der Waals surface area contributed by atoms with Crippen LogP contribution in [0.5, 0.6) is 0 Å². The zero-order valence-electron chi connectivity index (χ0n) is 41.3. The summed E-state index contributed by atoms with van der Waals surface area (Å²) in [6.07, 6.45) is -2.02. The van der Waals surface area contributed by atoms with Gasteiger partial charge in [0.05, 0.1) is 13.2 Å². The fourth-order valence-corrected chi connectivity index (χ4v) is 8.32. The van der Waals surface area contributed by atoms with Crippen molar-refractivity contribution in [2.24, 2.45) is 0 Å². The fourth-order valence-electron chi connectivity index (χ4n) is 6.79. The molecule has 0 radical (unpaired) electrons. The van der Waals surface area contributed by atoms with Crippen LogP contribution in [0.25, 0.3) is 0 Å². The summed E-state index contributed by atoms with van der Waals surface area (Å²) in [4.78, 5) is 80.1. The van der Waals surface area contributed by atoms with Crippen LogP contribution in [0.2, 0.25) is 0 Å². The number of nitrogens with one attached hydrogen (secondary N) is 3. The number of carbonyl (C=O) groups excluding carboxylic acids is 6. The highest BCUT2D eigenvalue weighted by Crippen LogP contribution is 2.46. The molecular weight excluding hydrogens is 958 g/mol. The zero-order chi connectivity index (χ0) is 52.3. The molecule has 0 bridgehead atoms. The van der Waals surface area contributed by atoms with Crippen molar-refractivity contribution < 1.29 is 66.1 Å². The molecule has 0 saturated carbocycles. The summed E-state index contributed by atoms with van der Waals surface area (Å²) in [5.41, 5.74) is 2.61. The first-order chi connectivity index (χ1) is 35.1. The number of carbonyl (C=O) groups is 6. The molecule has 388 valence electrons. The Kier molecular flexibility index (Phi) is 23.3. The van der Waals surface area contributed by atoms with Gasteiger partial charge in [0.25, 0.3) is 0 Å². The Morgan fingerprint density at radius 2 is 0.849 bits per heavy atom. The van der Waals surface area contributed by atoms with Gasteiger partial charge in [-0.05, 0) is 74.3 Å². The molecule has 0 aliphatic heterocycles. The highest BCUT2D eigenvalue weighted by Gasteiger charge is 2.35. The fraction of sp³-hybridized carbons (Fsp3) is 0.345. The Balaban J connectivity index is 1.28. The Morgan fingerprint density at radius 3 is 1.29 bits per heavy atom. The van der Waals surface area contributed by atoms with Crippen LogP contribution in [-0.4, -0.2) is 66.2 Å². The summed E-state index contributed by atoms with van der Waals surface area (Å²) < 4.78 is 54.1. The summed E-state index contributed by atoms with van der Waals surface area (Å²) in [6.45, 7) is 4.16. The minimum atomic E-state index is -4.45. The molecule has 73 heavy (non-hydrogen) atoms. The Labute approximate surface area is 426 Å². The van der Waals surface area contributed by atoms with Gasteiger partial charge in [-0.25, -0.2) is 24.0 Å². The van der Waals surface area contributed by atoms with Crippen molar-refractivity contribution in [3.63, 3.8) is 0 Å². The number of hydrogen-bond donors (Lipinski definition) is 3. The molecule has 1 unspecified atom stereocenters. The quantitative estimate of drug-likeness (QED) is 0.0176. The monoisotopic (exact) mass is 1020 g/mol. The van der Waals surface area contributed by atoms with E-state index in [0.717, 1.165) is 5.56 Å². The van der Waals surface area contributed by atoms with Crippen LogP contribution in [0, 0.1) is 0 Å². The minimum absolute atomic E-state index is 0.00464. The SMILES string of the molecule is CC(C)(C)OC(=O)N[C@@H](CCC(=O)N[C@@H](CCCOP(=O)(N[C@@H](CCC(=O)OCc1ccccc1)C(=O)OCc1ccccc1)OCc1ccccc1)C(=O)OCc1ccccc1)C(=O)OCc1ccccc1. The van der Waals surface area contributed by atoms with E-state index in [0.29, 0.717) is 22.3 Å². The van der Waals surface area contributed by atoms with Crippen LogP contribution in [-0.2, 0) is 94.3 Å². The lowest BCUT2D eigenvalue weighted by Gasteiger charge is -2.25. The van der Waals surface area contributed by atoms with Crippen molar-refractivity contribution in [1.29, 1.82) is 0 Å². The normalized spacial score (nSPS) is 13.2. The highest BCUT2D eigenvalue weighted by molar-refractivity contribution is 7.51. The van der Waals surface area contributed by atoms with Crippen LogP contribution >= 0.6 is 7.75 Å². The van der Waals surface area contributed by atoms with Crippen LogP contribution in [0.1, 0.15) is 87.1 Å². The molecule has 0 heterocycles. The molecule has 17 nitrogen and oxygen atoms in total. The van der Waals surface area contributed by atoms with Crippen LogP contribution in [0.4, 0.5) is 4.79 Å². The zero-order valence-corrected chi connectivity index (χ0v) is 42.2. The van der Waals surface area contributed by atoms with Gasteiger partial charge in [-0.3, -0.25) is 23.4 Å². The molecule has 0 spiro atoms. The molecule has 0 saturated heterocycles. The average Bonchev–Trinajstić information content (AvgIpc) is 3.39. The summed E-state index contributed by atoms with van der Waals surface area (Å²) >= 11 is 0. The average molecular weight is 1020 g/mol. The molecule has 5 aromatic rings. The largest absolute Gasteiger partial charge is 0.461 e. The second-order valence-electron chi connectivity index (χ2n) is 17.7. The van der Waals surface area contributed by atoms with Gasteiger partial charge in [0, 0.05) is 12.8 Å². The molecule has 2 amide bonds. The molecular formula is C55H64N3O14P. The molecule has 18 heteroatoms. The van der Waals surface area contributed by atoms with Gasteiger partial charge in [-0.1, -0.05) is 152 Å². The van der Waals surface area contributed by atoms with Crippen molar-refractivity contribution in [3.8, 4) is 0 Å². The van der Waals surface area contributed by atoms with Gasteiger partial charge in [0.1, 0.15) is 50.2 Å². The minimum Gasteiger partial charge on any atom is -0.461 e. The Morgan fingerprint density at radius 1 is 0.466 bits per heavy atom. The number of rotatable bonds is 29. The summed E-state index contributed by atoms with van der Waals surface area (Å²) in [5.74, 6) is -3.70. The van der Waals surface area contributed by atoms with Crippen LogP contribution in [0.3, 0.4) is 0 Å². The molecule has 0 aliphatic rings. The first-order valence-corrected chi connectivity index (χ1v) is 25.5. The van der Waals surface area contributed by atoms with Crippen LogP contribution in [0.15, 0.2) is 152 Å². The van der Waals surface area contributed by atoms with Crippen molar-refractivity contribution in [3.05, 3.63) is 179 Å². The van der Waals surface area contributed by atoms with E-state index < -0.39 is 67.4 Å². The molecule has 0 aliphatic carbocycles. The van der Waals surface area contributed by atoms with Crippen molar-refractivity contribution in [1.82, 2.24) is 15.7 Å². The van der Waals surface area contributed by atoms with E-state index in [1.165, 1.54) is 0 Å². The van der Waals surface area contributed by atoms with E-state index in [1.807, 2.05) is 36.4 Å². The summed E-state index contributed by atoms with van der Waals surface area (Å²) in [5, 5.41) is 7.89. The third-order valence-corrected chi connectivity index (χ3v) is 12.2. The predicted molar refractivity (Wildman–Crippen MR) is 269 cm³/mol. The molecule has 3 N–H and O–H groups in total. The van der Waals surface area contributed by atoms with Crippen molar-refractivity contribution >= 4 is 43.6 Å². The van der Waals surface area contributed by atoms with E-state index in [1.54, 1.807) is 136 Å².